The monoisotopic (exact) mass is 251 g/mol. The molecule has 0 fully saturated rings. The maximum absolute atomic E-state index is 11.1. The summed E-state index contributed by atoms with van der Waals surface area (Å²) in [6.07, 6.45) is -1.49. The van der Waals surface area contributed by atoms with E-state index < -0.39 is 23.7 Å². The Balaban J connectivity index is 2.52. The average Bonchev–Trinajstić information content (AvgIpc) is 2.68. The summed E-state index contributed by atoms with van der Waals surface area (Å²) in [5.41, 5.74) is 2.32. The minimum absolute atomic E-state index is 0.361. The molecule has 2 atom stereocenters. The van der Waals surface area contributed by atoms with Crippen molar-refractivity contribution in [2.45, 2.75) is 25.9 Å². The number of aromatic amines is 1. The zero-order valence-corrected chi connectivity index (χ0v) is 9.93. The summed E-state index contributed by atoms with van der Waals surface area (Å²) >= 11 is 0. The minimum atomic E-state index is -1.49. The van der Waals surface area contributed by atoms with E-state index in [1.807, 2.05) is 0 Å². The highest BCUT2D eigenvalue weighted by Crippen LogP contribution is 2.25. The molecule has 2 aromatic rings. The van der Waals surface area contributed by atoms with Crippen LogP contribution in [0.15, 0.2) is 21.3 Å². The van der Waals surface area contributed by atoms with Gasteiger partial charge in [0.1, 0.15) is 0 Å². The number of fused-ring (bicyclic) bond motifs is 1. The molecule has 0 saturated heterocycles. The first-order valence-corrected chi connectivity index (χ1v) is 5.44. The van der Waals surface area contributed by atoms with Gasteiger partial charge in [0.05, 0.1) is 5.52 Å². The van der Waals surface area contributed by atoms with Crippen LogP contribution in [0, 0.1) is 6.92 Å². The van der Waals surface area contributed by atoms with Crippen LogP contribution in [0.5, 0.6) is 0 Å². The summed E-state index contributed by atoms with van der Waals surface area (Å²) in [6, 6.07) is 3.29. The summed E-state index contributed by atoms with van der Waals surface area (Å²) < 4.78 is 4.94. The van der Waals surface area contributed by atoms with E-state index in [0.29, 0.717) is 16.7 Å². The number of hydrogen-bond donors (Lipinski definition) is 3. The quantitative estimate of drug-likeness (QED) is 0.754. The molecule has 0 bridgehead atoms. The van der Waals surface area contributed by atoms with Gasteiger partial charge in [0.2, 0.25) is 0 Å². The van der Waals surface area contributed by atoms with Gasteiger partial charge in [0.15, 0.2) is 11.7 Å². The molecule has 0 amide bonds. The van der Waals surface area contributed by atoms with Crippen molar-refractivity contribution in [2.75, 3.05) is 0 Å². The highest BCUT2D eigenvalue weighted by Gasteiger charge is 2.24. The second-order valence-corrected chi connectivity index (χ2v) is 4.30. The number of aliphatic hydroxyl groups excluding tert-OH is 1. The fourth-order valence-electron chi connectivity index (χ4n) is 1.91. The number of aryl methyl sites for hydroxylation is 1. The van der Waals surface area contributed by atoms with E-state index in [0.717, 1.165) is 5.56 Å². The Morgan fingerprint density at radius 1 is 1.44 bits per heavy atom. The normalized spacial score (nSPS) is 14.6. The van der Waals surface area contributed by atoms with Crippen molar-refractivity contribution < 1.29 is 19.4 Å². The van der Waals surface area contributed by atoms with Crippen LogP contribution >= 0.6 is 0 Å². The highest BCUT2D eigenvalue weighted by molar-refractivity contribution is 5.78. The number of rotatable bonds is 3. The van der Waals surface area contributed by atoms with Crippen LogP contribution < -0.4 is 5.76 Å². The topological polar surface area (TPSA) is 104 Å². The maximum atomic E-state index is 11.1. The van der Waals surface area contributed by atoms with E-state index in [1.54, 1.807) is 26.0 Å². The van der Waals surface area contributed by atoms with Crippen LogP contribution in [0.1, 0.15) is 24.0 Å². The van der Waals surface area contributed by atoms with E-state index in [9.17, 15) is 14.7 Å². The third kappa shape index (κ3) is 2.02. The number of aliphatic hydroxyl groups is 1. The van der Waals surface area contributed by atoms with Gasteiger partial charge in [-0.05, 0) is 24.1 Å². The molecule has 1 aromatic heterocycles. The Bertz CT molecular complexity index is 654. The molecule has 6 nitrogen and oxygen atoms in total. The fraction of sp³-hybridized carbons (Fsp3) is 0.333. The highest BCUT2D eigenvalue weighted by atomic mass is 16.4. The van der Waals surface area contributed by atoms with Gasteiger partial charge in [-0.2, -0.15) is 0 Å². The molecule has 0 aliphatic rings. The maximum Gasteiger partial charge on any atom is 0.417 e. The van der Waals surface area contributed by atoms with Crippen molar-refractivity contribution in [3.8, 4) is 0 Å². The molecule has 0 saturated carbocycles. The van der Waals surface area contributed by atoms with Crippen LogP contribution in [0.25, 0.3) is 11.1 Å². The number of carbonyl (C=O) groups is 1. The summed E-state index contributed by atoms with van der Waals surface area (Å²) in [5, 5.41) is 18.3. The van der Waals surface area contributed by atoms with Crippen molar-refractivity contribution in [1.82, 2.24) is 4.98 Å². The second-order valence-electron chi connectivity index (χ2n) is 4.30. The van der Waals surface area contributed by atoms with Gasteiger partial charge in [-0.25, -0.2) is 9.59 Å². The Labute approximate surface area is 102 Å². The number of aromatic nitrogens is 1. The Morgan fingerprint density at radius 2 is 2.11 bits per heavy atom. The summed E-state index contributed by atoms with van der Waals surface area (Å²) in [5.74, 6) is -2.43. The van der Waals surface area contributed by atoms with E-state index >= 15 is 0 Å². The summed E-state index contributed by atoms with van der Waals surface area (Å²) in [4.78, 5) is 24.4. The third-order valence-corrected chi connectivity index (χ3v) is 3.00. The van der Waals surface area contributed by atoms with Crippen LogP contribution in [-0.4, -0.2) is 27.3 Å². The van der Waals surface area contributed by atoms with Crippen molar-refractivity contribution in [1.29, 1.82) is 0 Å². The van der Waals surface area contributed by atoms with Gasteiger partial charge < -0.3 is 14.6 Å². The van der Waals surface area contributed by atoms with E-state index in [-0.39, 0.29) is 0 Å². The largest absolute Gasteiger partial charge is 0.479 e. The van der Waals surface area contributed by atoms with Crippen LogP contribution in [0.4, 0.5) is 0 Å². The van der Waals surface area contributed by atoms with Crippen molar-refractivity contribution in [3.05, 3.63) is 33.8 Å². The molecule has 1 aromatic carbocycles. The lowest BCUT2D eigenvalue weighted by Crippen LogP contribution is -2.25. The number of hydrogen-bond acceptors (Lipinski definition) is 4. The molecule has 0 spiro atoms. The Hall–Kier alpha value is -2.08. The number of H-pyrrole nitrogens is 1. The summed E-state index contributed by atoms with van der Waals surface area (Å²) in [6.45, 7) is 3.38. The van der Waals surface area contributed by atoms with Crippen LogP contribution in [-0.2, 0) is 4.79 Å². The molecule has 2 rings (SSSR count). The minimum Gasteiger partial charge on any atom is -0.479 e. The van der Waals surface area contributed by atoms with Gasteiger partial charge in [-0.15, -0.1) is 0 Å². The number of carboxylic acid groups (broad SMARTS) is 1. The molecule has 1 heterocycles. The smallest absolute Gasteiger partial charge is 0.417 e. The molecule has 0 radical (unpaired) electrons. The summed E-state index contributed by atoms with van der Waals surface area (Å²) in [7, 11) is 0. The lowest BCUT2D eigenvalue weighted by atomic mass is 9.93. The number of oxazole rings is 1. The van der Waals surface area contributed by atoms with E-state index in [4.69, 9.17) is 9.52 Å². The predicted octanol–water partition coefficient (Wildman–Crippen LogP) is 0.979. The molecule has 0 aliphatic carbocycles. The molecule has 3 N–H and O–H groups in total. The predicted molar refractivity (Wildman–Crippen MR) is 63.6 cm³/mol. The molecule has 96 valence electrons. The average molecular weight is 251 g/mol. The number of nitrogens with one attached hydrogen (secondary N) is 1. The molecular formula is C12H13NO5. The zero-order chi connectivity index (χ0) is 13.4. The second kappa shape index (κ2) is 4.30. The Morgan fingerprint density at radius 3 is 2.72 bits per heavy atom. The number of aliphatic carboxylic acids is 1. The first-order valence-electron chi connectivity index (χ1n) is 5.44. The molecule has 6 heteroatoms. The van der Waals surface area contributed by atoms with Crippen molar-refractivity contribution in [3.63, 3.8) is 0 Å². The van der Waals surface area contributed by atoms with Crippen LogP contribution in [0.2, 0.25) is 0 Å². The molecular weight excluding hydrogens is 238 g/mol. The van der Waals surface area contributed by atoms with Gasteiger partial charge in [0.25, 0.3) is 0 Å². The van der Waals surface area contributed by atoms with Gasteiger partial charge in [-0.3, -0.25) is 4.98 Å². The van der Waals surface area contributed by atoms with Crippen LogP contribution in [0.3, 0.4) is 0 Å². The standard InChI is InChI=1S/C12H13NO5/c1-5-3-7(6(2)10(14)11(15)16)4-8-9(5)13-12(17)18-8/h3-4,6,10,14H,1-2H3,(H,13,17)(H,15,16). The SMILES string of the molecule is Cc1cc(C(C)C(O)C(=O)O)cc2oc(=O)[nH]c12. The molecule has 2 unspecified atom stereocenters. The number of benzene rings is 1. The van der Waals surface area contributed by atoms with Gasteiger partial charge in [-0.1, -0.05) is 13.0 Å². The van der Waals surface area contributed by atoms with E-state index in [1.165, 1.54) is 0 Å². The first kappa shape index (κ1) is 12.4. The first-order chi connectivity index (χ1) is 8.40. The van der Waals surface area contributed by atoms with Crippen molar-refractivity contribution >= 4 is 17.1 Å². The van der Waals surface area contributed by atoms with Gasteiger partial charge in [0, 0.05) is 5.92 Å². The zero-order valence-electron chi connectivity index (χ0n) is 9.93. The molecule has 18 heavy (non-hydrogen) atoms. The Kier molecular flexibility index (Phi) is 2.96. The molecule has 0 aliphatic heterocycles. The van der Waals surface area contributed by atoms with Crippen molar-refractivity contribution in [2.24, 2.45) is 0 Å². The van der Waals surface area contributed by atoms with E-state index in [2.05, 4.69) is 4.98 Å². The van der Waals surface area contributed by atoms with Gasteiger partial charge >= 0.3 is 11.7 Å². The lowest BCUT2D eigenvalue weighted by molar-refractivity contribution is -0.147. The fourth-order valence-corrected chi connectivity index (χ4v) is 1.91. The number of carboxylic acids is 1. The third-order valence-electron chi connectivity index (χ3n) is 3.00. The lowest BCUT2D eigenvalue weighted by Gasteiger charge is -2.15.